The maximum atomic E-state index is 12.8. The number of rotatable bonds is 7. The van der Waals surface area contributed by atoms with Gasteiger partial charge in [0.2, 0.25) is 11.1 Å². The number of aromatic nitrogens is 3. The third kappa shape index (κ3) is 5.22. The number of halogens is 3. The number of hydrogen-bond acceptors (Lipinski definition) is 8. The number of thiophene rings is 1. The summed E-state index contributed by atoms with van der Waals surface area (Å²) in [5, 5.41) is 8.19. The van der Waals surface area contributed by atoms with Crippen molar-refractivity contribution in [2.45, 2.75) is 30.4 Å². The number of benzene rings is 1. The number of hydrogen-bond donors (Lipinski definition) is 2. The van der Waals surface area contributed by atoms with Crippen molar-refractivity contribution < 1.29 is 27.5 Å². The van der Waals surface area contributed by atoms with Gasteiger partial charge in [0.05, 0.1) is 17.4 Å². The van der Waals surface area contributed by atoms with Gasteiger partial charge in [0.15, 0.2) is 0 Å². The van der Waals surface area contributed by atoms with E-state index in [1.54, 1.807) is 13.0 Å². The van der Waals surface area contributed by atoms with Crippen molar-refractivity contribution in [1.29, 1.82) is 0 Å². The molecule has 0 spiro atoms. The number of nitrogens with zero attached hydrogens (tertiary/aromatic N) is 3. The zero-order valence-electron chi connectivity index (χ0n) is 16.8. The van der Waals surface area contributed by atoms with Crippen molar-refractivity contribution in [2.75, 3.05) is 17.8 Å². The molecule has 0 radical (unpaired) electrons. The highest BCUT2D eigenvalue weighted by atomic mass is 32.2. The number of carbonyl (C=O) groups excluding carboxylic acids is 2. The topological polar surface area (TPSA) is 112 Å². The number of esters is 1. The van der Waals surface area contributed by atoms with Gasteiger partial charge >= 0.3 is 12.1 Å². The molecule has 0 saturated carbocycles. The first-order chi connectivity index (χ1) is 15.1. The molecule has 0 fully saturated rings. The molecule has 1 atom stereocenters. The molecule has 170 valence electrons. The Hall–Kier alpha value is -3.06. The highest BCUT2D eigenvalue weighted by molar-refractivity contribution is 8.00. The van der Waals surface area contributed by atoms with E-state index in [-0.39, 0.29) is 27.0 Å². The highest BCUT2D eigenvalue weighted by Crippen LogP contribution is 2.37. The van der Waals surface area contributed by atoms with E-state index in [1.165, 1.54) is 18.3 Å². The predicted molar refractivity (Wildman–Crippen MR) is 115 cm³/mol. The van der Waals surface area contributed by atoms with Crippen molar-refractivity contribution in [1.82, 2.24) is 14.9 Å². The molecule has 1 amide bonds. The van der Waals surface area contributed by atoms with Crippen molar-refractivity contribution in [3.8, 4) is 10.4 Å². The van der Waals surface area contributed by atoms with E-state index in [0.717, 1.165) is 10.4 Å². The van der Waals surface area contributed by atoms with Crippen molar-refractivity contribution in [2.24, 2.45) is 0 Å². The van der Waals surface area contributed by atoms with E-state index in [9.17, 15) is 22.8 Å². The van der Waals surface area contributed by atoms with Crippen LogP contribution in [0.25, 0.3) is 10.4 Å². The number of ether oxygens (including phenoxy) is 1. The van der Waals surface area contributed by atoms with Crippen molar-refractivity contribution in [3.63, 3.8) is 0 Å². The Bertz CT molecular complexity index is 1120. The van der Waals surface area contributed by atoms with E-state index in [4.69, 9.17) is 10.6 Å². The van der Waals surface area contributed by atoms with Gasteiger partial charge in [-0.1, -0.05) is 42.1 Å². The Morgan fingerprint density at radius 2 is 1.97 bits per heavy atom. The summed E-state index contributed by atoms with van der Waals surface area (Å²) in [6, 6.07) is 10.9. The summed E-state index contributed by atoms with van der Waals surface area (Å²) in [6.07, 6.45) is -4.77. The van der Waals surface area contributed by atoms with Crippen LogP contribution < -0.4 is 11.2 Å². The van der Waals surface area contributed by atoms with Gasteiger partial charge < -0.3 is 15.9 Å². The normalized spacial score (nSPS) is 12.4. The van der Waals surface area contributed by atoms with Crippen LogP contribution in [-0.4, -0.2) is 38.6 Å². The molecule has 2 aromatic heterocycles. The lowest BCUT2D eigenvalue weighted by Gasteiger charge is -2.12. The third-order valence-electron chi connectivity index (χ3n) is 4.09. The lowest BCUT2D eigenvalue weighted by atomic mass is 10.1. The van der Waals surface area contributed by atoms with Crippen LogP contribution in [0.3, 0.4) is 0 Å². The number of alkyl halides is 3. The van der Waals surface area contributed by atoms with E-state index in [2.05, 4.69) is 15.5 Å². The maximum Gasteiger partial charge on any atom is 0.453 e. The Morgan fingerprint density at radius 3 is 2.56 bits per heavy atom. The molecule has 0 aliphatic carbocycles. The molecule has 32 heavy (non-hydrogen) atoms. The first-order valence-electron chi connectivity index (χ1n) is 9.23. The second-order valence-electron chi connectivity index (χ2n) is 6.36. The summed E-state index contributed by atoms with van der Waals surface area (Å²) in [4.78, 5) is 25.8. The molecular weight excluding hydrogens is 467 g/mol. The summed E-state index contributed by atoms with van der Waals surface area (Å²) in [5.74, 6) is 2.89. The minimum absolute atomic E-state index is 0.155. The second-order valence-corrected chi connectivity index (χ2v) is 8.72. The smallest absolute Gasteiger partial charge is 0.453 e. The first kappa shape index (κ1) is 23.6. The molecule has 2 heterocycles. The summed E-state index contributed by atoms with van der Waals surface area (Å²) < 4.78 is 43.9. The van der Waals surface area contributed by atoms with Gasteiger partial charge in [0.1, 0.15) is 5.00 Å². The van der Waals surface area contributed by atoms with Gasteiger partial charge in [0, 0.05) is 4.88 Å². The quantitative estimate of drug-likeness (QED) is 0.295. The number of carbonyl (C=O) groups is 2. The molecule has 8 nitrogen and oxygen atoms in total. The molecule has 3 rings (SSSR count). The molecule has 3 aromatic rings. The number of nitrogen functional groups attached to an aromatic ring is 1. The number of anilines is 1. The predicted octanol–water partition coefficient (Wildman–Crippen LogP) is 4.04. The van der Waals surface area contributed by atoms with E-state index in [1.807, 2.05) is 30.3 Å². The molecule has 1 aromatic carbocycles. The van der Waals surface area contributed by atoms with Crippen LogP contribution >= 0.6 is 23.1 Å². The standard InChI is InChI=1S/C19H18F3N5O3S2/c1-3-30-16(29)12-9-13(11-7-5-4-6-8-11)32-15(12)24-14(28)10(2)31-18-26-25-17(27(18)23)19(20,21)22/h4-10H,3,23H2,1-2H3,(H,24,28). The lowest BCUT2D eigenvalue weighted by molar-refractivity contribution is -0.146. The minimum Gasteiger partial charge on any atom is -0.462 e. The summed E-state index contributed by atoms with van der Waals surface area (Å²) in [5.41, 5.74) is 1.03. The summed E-state index contributed by atoms with van der Waals surface area (Å²) in [6.45, 7) is 3.29. The largest absolute Gasteiger partial charge is 0.462 e. The van der Waals surface area contributed by atoms with Crippen LogP contribution in [0.1, 0.15) is 30.0 Å². The molecule has 0 aliphatic rings. The molecule has 13 heteroatoms. The third-order valence-corrected chi connectivity index (χ3v) is 6.25. The van der Waals surface area contributed by atoms with Gasteiger partial charge in [-0.3, -0.25) is 4.79 Å². The highest BCUT2D eigenvalue weighted by Gasteiger charge is 2.38. The van der Waals surface area contributed by atoms with Crippen LogP contribution in [-0.2, 0) is 15.7 Å². The Kier molecular flexibility index (Phi) is 7.09. The molecular formula is C19H18F3N5O3S2. The van der Waals surface area contributed by atoms with Crippen molar-refractivity contribution in [3.05, 3.63) is 47.8 Å². The van der Waals surface area contributed by atoms with E-state index in [0.29, 0.717) is 11.8 Å². The zero-order valence-corrected chi connectivity index (χ0v) is 18.5. The molecule has 0 bridgehead atoms. The average Bonchev–Trinajstić information content (AvgIpc) is 3.32. The monoisotopic (exact) mass is 485 g/mol. The van der Waals surface area contributed by atoms with Crippen LogP contribution in [0.5, 0.6) is 0 Å². The lowest BCUT2D eigenvalue weighted by Crippen LogP contribution is -2.25. The number of nitrogens with two attached hydrogens (primary N) is 1. The van der Waals surface area contributed by atoms with Gasteiger partial charge in [-0.2, -0.15) is 13.2 Å². The number of amides is 1. The van der Waals surface area contributed by atoms with E-state index < -0.39 is 29.1 Å². The minimum atomic E-state index is -4.77. The van der Waals surface area contributed by atoms with Crippen LogP contribution in [0.15, 0.2) is 41.6 Å². The summed E-state index contributed by atoms with van der Waals surface area (Å²) >= 11 is 1.88. The van der Waals surface area contributed by atoms with Crippen LogP contribution in [0.4, 0.5) is 18.2 Å². The fourth-order valence-corrected chi connectivity index (χ4v) is 4.39. The zero-order chi connectivity index (χ0) is 23.5. The van der Waals surface area contributed by atoms with E-state index >= 15 is 0 Å². The second kappa shape index (κ2) is 9.61. The first-order valence-corrected chi connectivity index (χ1v) is 10.9. The molecule has 1 unspecified atom stereocenters. The van der Waals surface area contributed by atoms with Crippen LogP contribution in [0.2, 0.25) is 0 Å². The maximum absolute atomic E-state index is 12.8. The fraction of sp³-hybridized carbons (Fsp3) is 0.263. The summed E-state index contributed by atoms with van der Waals surface area (Å²) in [7, 11) is 0. The van der Waals surface area contributed by atoms with Gasteiger partial charge in [-0.25, -0.2) is 9.47 Å². The van der Waals surface area contributed by atoms with Gasteiger partial charge in [0.25, 0.3) is 5.82 Å². The molecule has 0 saturated heterocycles. The SMILES string of the molecule is CCOC(=O)c1cc(-c2ccccc2)sc1NC(=O)C(C)Sc1nnc(C(F)(F)F)n1N. The Balaban J connectivity index is 1.81. The Morgan fingerprint density at radius 1 is 1.28 bits per heavy atom. The molecule has 0 aliphatic heterocycles. The fourth-order valence-electron chi connectivity index (χ4n) is 2.56. The van der Waals surface area contributed by atoms with Crippen LogP contribution in [0, 0.1) is 0 Å². The number of nitrogens with one attached hydrogen (secondary N) is 1. The number of thioether (sulfide) groups is 1. The van der Waals surface area contributed by atoms with Gasteiger partial charge in [-0.15, -0.1) is 21.5 Å². The Labute approximate surface area is 188 Å². The molecule has 3 N–H and O–H groups in total. The average molecular weight is 486 g/mol. The van der Waals surface area contributed by atoms with Crippen molar-refractivity contribution >= 4 is 40.0 Å². The van der Waals surface area contributed by atoms with Gasteiger partial charge in [-0.05, 0) is 25.5 Å².